The number of fused-ring (bicyclic) bond motifs is 1. The van der Waals surface area contributed by atoms with Crippen LogP contribution in [0.1, 0.15) is 40.8 Å². The van der Waals surface area contributed by atoms with Gasteiger partial charge in [-0.05, 0) is 37.0 Å². The van der Waals surface area contributed by atoms with Crippen LogP contribution in [0.2, 0.25) is 0 Å². The fourth-order valence-corrected chi connectivity index (χ4v) is 3.08. The zero-order valence-electron chi connectivity index (χ0n) is 11.1. The van der Waals surface area contributed by atoms with E-state index in [1.54, 1.807) is 0 Å². The van der Waals surface area contributed by atoms with Crippen molar-refractivity contribution in [1.82, 2.24) is 10.4 Å². The summed E-state index contributed by atoms with van der Waals surface area (Å²) in [7, 11) is 0. The van der Waals surface area contributed by atoms with Gasteiger partial charge >= 0.3 is 0 Å². The fourth-order valence-electron chi connectivity index (χ4n) is 3.08. The number of nitrogens with two attached hydrogens (primary N) is 1. The van der Waals surface area contributed by atoms with Crippen molar-refractivity contribution in [2.75, 3.05) is 0 Å². The van der Waals surface area contributed by atoms with E-state index >= 15 is 0 Å². The van der Waals surface area contributed by atoms with Crippen LogP contribution in [0, 0.1) is 6.92 Å². The molecule has 1 aliphatic rings. The van der Waals surface area contributed by atoms with Crippen molar-refractivity contribution in [2.24, 2.45) is 5.84 Å². The lowest BCUT2D eigenvalue weighted by Gasteiger charge is -2.23. The lowest BCUT2D eigenvalue weighted by atomic mass is 9.90. The minimum absolute atomic E-state index is 0.135. The van der Waals surface area contributed by atoms with E-state index in [0.717, 1.165) is 12.8 Å². The lowest BCUT2D eigenvalue weighted by Crippen LogP contribution is -2.32. The van der Waals surface area contributed by atoms with Crippen LogP contribution in [-0.4, -0.2) is 4.98 Å². The molecule has 2 atom stereocenters. The molecule has 0 saturated heterocycles. The third-order valence-electron chi connectivity index (χ3n) is 3.99. The van der Waals surface area contributed by atoms with Crippen LogP contribution in [0.15, 0.2) is 42.6 Å². The van der Waals surface area contributed by atoms with Crippen LogP contribution in [0.3, 0.4) is 0 Å². The van der Waals surface area contributed by atoms with Crippen LogP contribution in [0.25, 0.3) is 0 Å². The molecule has 2 aromatic rings. The number of rotatable bonds is 3. The molecular formula is C16H19N3. The summed E-state index contributed by atoms with van der Waals surface area (Å²) in [6.45, 7) is 2.11. The molecule has 3 heteroatoms. The monoisotopic (exact) mass is 253 g/mol. The smallest absolute Gasteiger partial charge is 0.0543 e. The molecule has 0 aliphatic heterocycles. The highest BCUT2D eigenvalue weighted by Gasteiger charge is 2.31. The van der Waals surface area contributed by atoms with E-state index in [0.29, 0.717) is 5.92 Å². The van der Waals surface area contributed by atoms with Gasteiger partial charge in [0.2, 0.25) is 0 Å². The summed E-state index contributed by atoms with van der Waals surface area (Å²) in [5.41, 5.74) is 8.05. The van der Waals surface area contributed by atoms with E-state index in [1.807, 2.05) is 12.3 Å². The maximum Gasteiger partial charge on any atom is 0.0543 e. The van der Waals surface area contributed by atoms with E-state index < -0.39 is 0 Å². The van der Waals surface area contributed by atoms with Crippen LogP contribution >= 0.6 is 0 Å². The van der Waals surface area contributed by atoms with Gasteiger partial charge in [-0.15, -0.1) is 0 Å². The standard InChI is InChI=1S/C16H19N3/c1-11-4-2-5-13(10-11)16(19-17)14-8-7-12-6-3-9-18-15(12)14/h2-6,9-10,14,16,19H,7-8,17H2,1H3. The average Bonchev–Trinajstić information content (AvgIpc) is 2.84. The molecule has 3 N–H and O–H groups in total. The number of hydrogen-bond acceptors (Lipinski definition) is 3. The number of hydrogen-bond donors (Lipinski definition) is 2. The van der Waals surface area contributed by atoms with Gasteiger partial charge in [0, 0.05) is 17.8 Å². The highest BCUT2D eigenvalue weighted by atomic mass is 15.2. The number of aromatic nitrogens is 1. The maximum absolute atomic E-state index is 5.81. The number of pyridine rings is 1. The predicted octanol–water partition coefficient (Wildman–Crippen LogP) is 2.62. The number of aryl methyl sites for hydroxylation is 2. The number of hydrazine groups is 1. The lowest BCUT2D eigenvalue weighted by molar-refractivity contribution is 0.447. The third-order valence-corrected chi connectivity index (χ3v) is 3.99. The molecule has 1 aromatic heterocycles. The van der Waals surface area contributed by atoms with E-state index in [1.165, 1.54) is 22.4 Å². The Morgan fingerprint density at radius 1 is 1.32 bits per heavy atom. The third kappa shape index (κ3) is 2.27. The Bertz CT molecular complexity index is 580. The quantitative estimate of drug-likeness (QED) is 0.653. The second-order valence-electron chi connectivity index (χ2n) is 5.25. The Morgan fingerprint density at radius 3 is 3.00 bits per heavy atom. The van der Waals surface area contributed by atoms with Crippen LogP contribution < -0.4 is 11.3 Å². The van der Waals surface area contributed by atoms with E-state index in [-0.39, 0.29) is 6.04 Å². The summed E-state index contributed by atoms with van der Waals surface area (Å²) >= 11 is 0. The fraction of sp³-hybridized carbons (Fsp3) is 0.312. The van der Waals surface area contributed by atoms with Gasteiger partial charge in [-0.1, -0.05) is 35.9 Å². The van der Waals surface area contributed by atoms with Crippen molar-refractivity contribution < 1.29 is 0 Å². The average molecular weight is 253 g/mol. The highest BCUT2D eigenvalue weighted by Crippen LogP contribution is 2.40. The molecule has 0 radical (unpaired) electrons. The summed E-state index contributed by atoms with van der Waals surface area (Å²) in [6.07, 6.45) is 4.08. The number of benzene rings is 1. The van der Waals surface area contributed by atoms with Crippen molar-refractivity contribution in [3.63, 3.8) is 0 Å². The molecule has 1 aliphatic carbocycles. The molecule has 0 bridgehead atoms. The van der Waals surface area contributed by atoms with Gasteiger partial charge < -0.3 is 0 Å². The normalized spacial score (nSPS) is 19.2. The minimum Gasteiger partial charge on any atom is -0.271 e. The molecular weight excluding hydrogens is 234 g/mol. The summed E-state index contributed by atoms with van der Waals surface area (Å²) in [5, 5.41) is 0. The minimum atomic E-state index is 0.135. The molecule has 98 valence electrons. The molecule has 0 amide bonds. The van der Waals surface area contributed by atoms with Crippen molar-refractivity contribution in [2.45, 2.75) is 31.7 Å². The van der Waals surface area contributed by atoms with Crippen LogP contribution in [-0.2, 0) is 6.42 Å². The second-order valence-corrected chi connectivity index (χ2v) is 5.25. The first-order chi connectivity index (χ1) is 9.29. The molecule has 2 unspecified atom stereocenters. The molecule has 0 saturated carbocycles. The first kappa shape index (κ1) is 12.3. The maximum atomic E-state index is 5.81. The first-order valence-corrected chi connectivity index (χ1v) is 6.76. The van der Waals surface area contributed by atoms with Gasteiger partial charge in [-0.25, -0.2) is 0 Å². The van der Waals surface area contributed by atoms with Crippen molar-refractivity contribution in [3.8, 4) is 0 Å². The first-order valence-electron chi connectivity index (χ1n) is 6.76. The molecule has 0 spiro atoms. The molecule has 3 nitrogen and oxygen atoms in total. The van der Waals surface area contributed by atoms with Crippen molar-refractivity contribution in [1.29, 1.82) is 0 Å². The zero-order valence-corrected chi connectivity index (χ0v) is 11.1. The predicted molar refractivity (Wildman–Crippen MR) is 76.5 cm³/mol. The van der Waals surface area contributed by atoms with Gasteiger partial charge in [0.05, 0.1) is 6.04 Å². The summed E-state index contributed by atoms with van der Waals surface area (Å²) in [4.78, 5) is 4.56. The molecule has 1 aromatic carbocycles. The van der Waals surface area contributed by atoms with Gasteiger partial charge in [-0.3, -0.25) is 16.3 Å². The Morgan fingerprint density at radius 2 is 2.21 bits per heavy atom. The number of nitrogens with zero attached hydrogens (tertiary/aromatic N) is 1. The van der Waals surface area contributed by atoms with E-state index in [9.17, 15) is 0 Å². The van der Waals surface area contributed by atoms with Gasteiger partial charge in [-0.2, -0.15) is 0 Å². The second kappa shape index (κ2) is 5.11. The topological polar surface area (TPSA) is 50.9 Å². The molecule has 1 heterocycles. The summed E-state index contributed by atoms with van der Waals surface area (Å²) < 4.78 is 0. The Balaban J connectivity index is 1.96. The Kier molecular flexibility index (Phi) is 3.32. The molecule has 19 heavy (non-hydrogen) atoms. The Hall–Kier alpha value is -1.71. The van der Waals surface area contributed by atoms with E-state index in [4.69, 9.17) is 5.84 Å². The molecule has 0 fully saturated rings. The highest BCUT2D eigenvalue weighted by molar-refractivity contribution is 5.34. The Labute approximate surface area is 113 Å². The van der Waals surface area contributed by atoms with Crippen LogP contribution in [0.4, 0.5) is 0 Å². The van der Waals surface area contributed by atoms with Gasteiger partial charge in [0.1, 0.15) is 0 Å². The zero-order chi connectivity index (χ0) is 13.2. The van der Waals surface area contributed by atoms with E-state index in [2.05, 4.69) is 47.7 Å². The van der Waals surface area contributed by atoms with Gasteiger partial charge in [0.25, 0.3) is 0 Å². The van der Waals surface area contributed by atoms with Gasteiger partial charge in [0.15, 0.2) is 0 Å². The SMILES string of the molecule is Cc1cccc(C(NN)C2CCc3cccnc32)c1. The van der Waals surface area contributed by atoms with Crippen LogP contribution in [0.5, 0.6) is 0 Å². The van der Waals surface area contributed by atoms with Crippen molar-refractivity contribution >= 4 is 0 Å². The summed E-state index contributed by atoms with van der Waals surface area (Å²) in [6, 6.07) is 12.9. The molecule has 3 rings (SSSR count). The van der Waals surface area contributed by atoms with Crippen molar-refractivity contribution in [3.05, 3.63) is 65.0 Å². The largest absolute Gasteiger partial charge is 0.271 e. The number of nitrogens with one attached hydrogen (secondary N) is 1. The summed E-state index contributed by atoms with van der Waals surface area (Å²) in [5.74, 6) is 6.18.